The number of carbonyl (C=O) groups is 1. The molecule has 6 heteroatoms. The summed E-state index contributed by atoms with van der Waals surface area (Å²) in [6, 6.07) is 0.338. The Balaban J connectivity index is 1.84. The maximum atomic E-state index is 12.3. The molecule has 1 saturated heterocycles. The average molecular weight is 309 g/mol. The lowest BCUT2D eigenvalue weighted by Gasteiger charge is -2.17. The van der Waals surface area contributed by atoms with Gasteiger partial charge in [0.2, 0.25) is 0 Å². The first-order chi connectivity index (χ1) is 10.1. The molecule has 3 rings (SSSR count). The number of nitrogen functional groups attached to an aromatic ring is 1. The first kappa shape index (κ1) is 14.5. The Labute approximate surface area is 129 Å². The molecule has 2 heterocycles. The number of nitrogens with zero attached hydrogens (tertiary/aromatic N) is 1. The summed E-state index contributed by atoms with van der Waals surface area (Å²) in [6.07, 6.45) is 4.53. The van der Waals surface area contributed by atoms with Crippen molar-refractivity contribution in [3.05, 3.63) is 4.88 Å². The molecule has 0 bridgehead atoms. The minimum atomic E-state index is -0.0595. The molecule has 116 valence electrons. The fraction of sp³-hybridized carbons (Fsp3) is 0.667. The number of amides is 1. The number of anilines is 2. The largest absolute Gasteiger partial charge is 0.492 e. The number of hydrogen-bond acceptors (Lipinski definition) is 5. The van der Waals surface area contributed by atoms with E-state index in [0.29, 0.717) is 22.4 Å². The van der Waals surface area contributed by atoms with Crippen LogP contribution in [0.3, 0.4) is 0 Å². The number of rotatable bonds is 5. The minimum absolute atomic E-state index is 0.0595. The van der Waals surface area contributed by atoms with E-state index in [1.807, 2.05) is 0 Å². The third-order valence-corrected chi connectivity index (χ3v) is 5.60. The van der Waals surface area contributed by atoms with Gasteiger partial charge in [0.15, 0.2) is 5.75 Å². The van der Waals surface area contributed by atoms with Crippen LogP contribution in [0.5, 0.6) is 5.75 Å². The first-order valence-corrected chi connectivity index (χ1v) is 8.47. The van der Waals surface area contributed by atoms with E-state index in [-0.39, 0.29) is 5.91 Å². The lowest BCUT2D eigenvalue weighted by molar-refractivity contribution is 0.0956. The van der Waals surface area contributed by atoms with Gasteiger partial charge in [0.1, 0.15) is 15.6 Å². The Bertz CT molecular complexity index is 539. The normalized spacial score (nSPS) is 21.6. The summed E-state index contributed by atoms with van der Waals surface area (Å²) in [5.74, 6) is 1.33. The van der Waals surface area contributed by atoms with Crippen LogP contribution in [0.25, 0.3) is 0 Å². The predicted molar refractivity (Wildman–Crippen MR) is 86.4 cm³/mol. The highest BCUT2D eigenvalue weighted by Gasteiger charge is 2.31. The number of carbonyl (C=O) groups excluding carboxylic acids is 1. The summed E-state index contributed by atoms with van der Waals surface area (Å²) in [6.45, 7) is 4.26. The van der Waals surface area contributed by atoms with Crippen molar-refractivity contribution in [2.75, 3.05) is 30.8 Å². The number of methoxy groups -OCH3 is 1. The van der Waals surface area contributed by atoms with E-state index in [1.54, 1.807) is 7.11 Å². The molecule has 0 spiro atoms. The molecule has 5 nitrogen and oxygen atoms in total. The van der Waals surface area contributed by atoms with Crippen LogP contribution in [0.2, 0.25) is 0 Å². The SMILES string of the molecule is CCC1CCN(c2sc(C(=O)NC3CC3)c(N)c2OC)C1. The second-order valence-electron chi connectivity index (χ2n) is 5.94. The standard InChI is InChI=1S/C15H23N3O2S/c1-3-9-6-7-18(8-9)15-12(20-2)11(16)13(21-15)14(19)17-10-4-5-10/h9-10H,3-8,16H2,1-2H3,(H,17,19). The Hall–Kier alpha value is -1.43. The average Bonchev–Trinajstić information content (AvgIpc) is 3.04. The third-order valence-electron chi connectivity index (χ3n) is 4.36. The molecule has 3 N–H and O–H groups in total. The monoisotopic (exact) mass is 309 g/mol. The van der Waals surface area contributed by atoms with E-state index in [9.17, 15) is 4.79 Å². The lowest BCUT2D eigenvalue weighted by Crippen LogP contribution is -2.25. The van der Waals surface area contributed by atoms with Crippen molar-refractivity contribution >= 4 is 27.9 Å². The molecule has 1 unspecified atom stereocenters. The van der Waals surface area contributed by atoms with Crippen LogP contribution in [0, 0.1) is 5.92 Å². The second-order valence-corrected chi connectivity index (χ2v) is 6.94. The van der Waals surface area contributed by atoms with Gasteiger partial charge in [0.25, 0.3) is 5.91 Å². The molecule has 1 atom stereocenters. The number of nitrogens with two attached hydrogens (primary N) is 1. The number of ether oxygens (including phenoxy) is 1. The molecule has 1 aromatic heterocycles. The van der Waals surface area contributed by atoms with Crippen molar-refractivity contribution in [3.8, 4) is 5.75 Å². The highest BCUT2D eigenvalue weighted by Crippen LogP contribution is 2.46. The fourth-order valence-electron chi connectivity index (χ4n) is 2.82. The van der Waals surface area contributed by atoms with Crippen molar-refractivity contribution in [3.63, 3.8) is 0 Å². The van der Waals surface area contributed by atoms with Crippen LogP contribution in [0.1, 0.15) is 42.3 Å². The van der Waals surface area contributed by atoms with Gasteiger partial charge in [-0.2, -0.15) is 0 Å². The molecule has 1 aromatic rings. The topological polar surface area (TPSA) is 67.6 Å². The number of hydrogen-bond donors (Lipinski definition) is 2. The zero-order valence-electron chi connectivity index (χ0n) is 12.6. The zero-order chi connectivity index (χ0) is 15.0. The Morgan fingerprint density at radius 2 is 2.24 bits per heavy atom. The van der Waals surface area contributed by atoms with Gasteiger partial charge in [-0.05, 0) is 25.2 Å². The molecule has 1 saturated carbocycles. The zero-order valence-corrected chi connectivity index (χ0v) is 13.5. The van der Waals surface area contributed by atoms with Crippen LogP contribution in [-0.2, 0) is 0 Å². The number of nitrogens with one attached hydrogen (secondary N) is 1. The fourth-order valence-corrected chi connectivity index (χ4v) is 3.95. The summed E-state index contributed by atoms with van der Waals surface area (Å²) < 4.78 is 5.47. The second kappa shape index (κ2) is 5.75. The predicted octanol–water partition coefficient (Wildman–Crippen LogP) is 2.47. The van der Waals surface area contributed by atoms with E-state index in [2.05, 4.69) is 17.1 Å². The molecule has 0 aromatic carbocycles. The molecule has 1 aliphatic carbocycles. The smallest absolute Gasteiger partial charge is 0.263 e. The van der Waals surface area contributed by atoms with E-state index in [0.717, 1.165) is 36.9 Å². The van der Waals surface area contributed by atoms with Gasteiger partial charge in [-0.25, -0.2) is 0 Å². The van der Waals surface area contributed by atoms with E-state index < -0.39 is 0 Å². The Kier molecular flexibility index (Phi) is 3.97. The maximum Gasteiger partial charge on any atom is 0.263 e. The highest BCUT2D eigenvalue weighted by atomic mass is 32.1. The summed E-state index contributed by atoms with van der Waals surface area (Å²) in [5, 5.41) is 4.01. The molecule has 2 aliphatic rings. The summed E-state index contributed by atoms with van der Waals surface area (Å²) in [7, 11) is 1.62. The molecule has 2 fully saturated rings. The van der Waals surface area contributed by atoms with E-state index >= 15 is 0 Å². The lowest BCUT2D eigenvalue weighted by atomic mass is 10.1. The van der Waals surface area contributed by atoms with Gasteiger partial charge in [-0.1, -0.05) is 13.3 Å². The van der Waals surface area contributed by atoms with Crippen molar-refractivity contribution < 1.29 is 9.53 Å². The van der Waals surface area contributed by atoms with Crippen LogP contribution < -0.4 is 20.7 Å². The van der Waals surface area contributed by atoms with Crippen molar-refractivity contribution in [1.82, 2.24) is 5.32 Å². The first-order valence-electron chi connectivity index (χ1n) is 7.66. The molecule has 1 aliphatic heterocycles. The van der Waals surface area contributed by atoms with Gasteiger partial charge in [-0.15, -0.1) is 11.3 Å². The van der Waals surface area contributed by atoms with Crippen LogP contribution in [0.4, 0.5) is 10.7 Å². The van der Waals surface area contributed by atoms with Gasteiger partial charge in [-0.3, -0.25) is 4.79 Å². The Morgan fingerprint density at radius 1 is 1.48 bits per heavy atom. The van der Waals surface area contributed by atoms with E-state index in [4.69, 9.17) is 10.5 Å². The summed E-state index contributed by atoms with van der Waals surface area (Å²) >= 11 is 1.46. The van der Waals surface area contributed by atoms with Crippen molar-refractivity contribution in [2.45, 2.75) is 38.6 Å². The summed E-state index contributed by atoms with van der Waals surface area (Å²) in [4.78, 5) is 15.2. The third kappa shape index (κ3) is 2.81. The Morgan fingerprint density at radius 3 is 2.81 bits per heavy atom. The van der Waals surface area contributed by atoms with Crippen LogP contribution in [0.15, 0.2) is 0 Å². The summed E-state index contributed by atoms with van der Waals surface area (Å²) in [5.41, 5.74) is 6.63. The quantitative estimate of drug-likeness (QED) is 0.877. The minimum Gasteiger partial charge on any atom is -0.492 e. The van der Waals surface area contributed by atoms with Crippen LogP contribution >= 0.6 is 11.3 Å². The highest BCUT2D eigenvalue weighted by molar-refractivity contribution is 7.19. The van der Waals surface area contributed by atoms with Gasteiger partial charge in [0.05, 0.1) is 7.11 Å². The van der Waals surface area contributed by atoms with Gasteiger partial charge < -0.3 is 20.7 Å². The molecule has 0 radical (unpaired) electrons. The maximum absolute atomic E-state index is 12.3. The number of thiophene rings is 1. The van der Waals surface area contributed by atoms with Crippen LogP contribution in [-0.4, -0.2) is 32.1 Å². The van der Waals surface area contributed by atoms with E-state index in [1.165, 1.54) is 24.2 Å². The molecule has 21 heavy (non-hydrogen) atoms. The van der Waals surface area contributed by atoms with Gasteiger partial charge in [0, 0.05) is 19.1 Å². The van der Waals surface area contributed by atoms with Gasteiger partial charge >= 0.3 is 0 Å². The molecule has 1 amide bonds. The van der Waals surface area contributed by atoms with Crippen molar-refractivity contribution in [2.24, 2.45) is 5.92 Å². The molecular weight excluding hydrogens is 286 g/mol. The molecular formula is C15H23N3O2S. The van der Waals surface area contributed by atoms with Crippen molar-refractivity contribution in [1.29, 1.82) is 0 Å².